The number of aromatic nitrogens is 2. The van der Waals surface area contributed by atoms with Crippen molar-refractivity contribution in [2.75, 3.05) is 32.5 Å². The lowest BCUT2D eigenvalue weighted by Crippen LogP contribution is -2.27. The second-order valence-electron chi connectivity index (χ2n) is 3.25. The summed E-state index contributed by atoms with van der Waals surface area (Å²) in [6, 6.07) is 1.62. The summed E-state index contributed by atoms with van der Waals surface area (Å²) in [5, 5.41) is 8.66. The van der Waals surface area contributed by atoms with Gasteiger partial charge in [0.05, 0.1) is 0 Å². The van der Waals surface area contributed by atoms with Crippen LogP contribution in [0.15, 0.2) is 12.4 Å². The number of anilines is 1. The molecule has 6 heteroatoms. The fourth-order valence-corrected chi connectivity index (χ4v) is 1.18. The molecule has 0 aliphatic rings. The summed E-state index contributed by atoms with van der Waals surface area (Å²) in [6.07, 6.45) is 2.26. The molecule has 0 bridgehead atoms. The Balaban J connectivity index is 2.46. The normalized spacial score (nSPS) is 9.88. The van der Waals surface area contributed by atoms with E-state index < -0.39 is 0 Å². The molecule has 6 nitrogen and oxygen atoms in total. The number of carbonyl (C=O) groups is 1. The van der Waals surface area contributed by atoms with Gasteiger partial charge in [0.25, 0.3) is 5.91 Å². The van der Waals surface area contributed by atoms with Crippen LogP contribution in [0.25, 0.3) is 0 Å². The van der Waals surface area contributed by atoms with Gasteiger partial charge in [0.1, 0.15) is 17.8 Å². The predicted molar refractivity (Wildman–Crippen MR) is 62.5 cm³/mol. The minimum atomic E-state index is -0.171. The smallest absolute Gasteiger partial charge is 0.270 e. The number of carbonyl (C=O) groups excluding carboxylic acids is 1. The fraction of sp³-hybridized carbons (Fsp3) is 0.500. The highest BCUT2D eigenvalue weighted by Gasteiger charge is 2.06. The SMILES string of the molecule is CNCCCNC(=O)c1cc(NC)ncn1. The van der Waals surface area contributed by atoms with Gasteiger partial charge in [0.2, 0.25) is 0 Å². The average molecular weight is 223 g/mol. The highest BCUT2D eigenvalue weighted by molar-refractivity contribution is 5.92. The van der Waals surface area contributed by atoms with E-state index in [9.17, 15) is 4.79 Å². The molecule has 0 saturated carbocycles. The molecule has 0 saturated heterocycles. The van der Waals surface area contributed by atoms with Crippen LogP contribution in [0.4, 0.5) is 5.82 Å². The lowest BCUT2D eigenvalue weighted by Gasteiger charge is -2.05. The van der Waals surface area contributed by atoms with Crippen LogP contribution in [0.5, 0.6) is 0 Å². The van der Waals surface area contributed by atoms with Gasteiger partial charge in [-0.3, -0.25) is 4.79 Å². The van der Waals surface area contributed by atoms with E-state index in [1.807, 2.05) is 7.05 Å². The first kappa shape index (κ1) is 12.4. The zero-order valence-electron chi connectivity index (χ0n) is 9.58. The van der Waals surface area contributed by atoms with Crippen molar-refractivity contribution in [1.82, 2.24) is 20.6 Å². The summed E-state index contributed by atoms with van der Waals surface area (Å²) in [4.78, 5) is 19.5. The topological polar surface area (TPSA) is 78.9 Å². The molecule has 3 N–H and O–H groups in total. The van der Waals surface area contributed by atoms with E-state index in [2.05, 4.69) is 25.9 Å². The van der Waals surface area contributed by atoms with Crippen LogP contribution in [-0.4, -0.2) is 43.1 Å². The van der Waals surface area contributed by atoms with Gasteiger partial charge in [-0.1, -0.05) is 0 Å². The number of nitrogens with zero attached hydrogens (tertiary/aromatic N) is 2. The molecule has 16 heavy (non-hydrogen) atoms. The quantitative estimate of drug-likeness (QED) is 0.585. The number of rotatable bonds is 6. The van der Waals surface area contributed by atoms with Crippen molar-refractivity contribution in [1.29, 1.82) is 0 Å². The maximum absolute atomic E-state index is 11.6. The monoisotopic (exact) mass is 223 g/mol. The summed E-state index contributed by atoms with van der Waals surface area (Å²) in [7, 11) is 3.63. The van der Waals surface area contributed by atoms with Crippen molar-refractivity contribution < 1.29 is 4.79 Å². The molecule has 0 unspecified atom stereocenters. The molecule has 0 atom stereocenters. The van der Waals surface area contributed by atoms with E-state index >= 15 is 0 Å². The van der Waals surface area contributed by atoms with Gasteiger partial charge in [0, 0.05) is 19.7 Å². The lowest BCUT2D eigenvalue weighted by molar-refractivity contribution is 0.0948. The Morgan fingerprint density at radius 1 is 1.31 bits per heavy atom. The van der Waals surface area contributed by atoms with Crippen molar-refractivity contribution in [2.45, 2.75) is 6.42 Å². The molecular weight excluding hydrogens is 206 g/mol. The standard InChI is InChI=1S/C10H17N5O/c1-11-4-3-5-13-10(16)8-6-9(12-2)15-7-14-8/h6-7,11H,3-5H2,1-2H3,(H,13,16)(H,12,14,15). The zero-order valence-corrected chi connectivity index (χ0v) is 9.58. The predicted octanol–water partition coefficient (Wildman–Crippen LogP) is -0.142. The van der Waals surface area contributed by atoms with E-state index in [0.717, 1.165) is 13.0 Å². The van der Waals surface area contributed by atoms with Crippen LogP contribution in [0, 0.1) is 0 Å². The third kappa shape index (κ3) is 3.82. The first-order valence-electron chi connectivity index (χ1n) is 5.20. The van der Waals surface area contributed by atoms with E-state index in [-0.39, 0.29) is 5.91 Å². The van der Waals surface area contributed by atoms with Gasteiger partial charge < -0.3 is 16.0 Å². The van der Waals surface area contributed by atoms with Gasteiger partial charge in [-0.05, 0) is 20.0 Å². The first-order chi connectivity index (χ1) is 7.77. The number of hydrogen-bond donors (Lipinski definition) is 3. The zero-order chi connectivity index (χ0) is 11.8. The van der Waals surface area contributed by atoms with E-state index in [0.29, 0.717) is 18.1 Å². The molecule has 88 valence electrons. The average Bonchev–Trinajstić information content (AvgIpc) is 2.34. The third-order valence-electron chi connectivity index (χ3n) is 2.04. The molecule has 0 aromatic carbocycles. The summed E-state index contributed by atoms with van der Waals surface area (Å²) in [6.45, 7) is 1.52. The largest absolute Gasteiger partial charge is 0.373 e. The second kappa shape index (κ2) is 6.73. The molecule has 0 radical (unpaired) electrons. The molecule has 1 aromatic heterocycles. The Kier molecular flexibility index (Phi) is 5.21. The van der Waals surface area contributed by atoms with Crippen LogP contribution in [0.3, 0.4) is 0 Å². The van der Waals surface area contributed by atoms with Crippen molar-refractivity contribution >= 4 is 11.7 Å². The van der Waals surface area contributed by atoms with Crippen LogP contribution in [0.2, 0.25) is 0 Å². The highest BCUT2D eigenvalue weighted by Crippen LogP contribution is 2.02. The van der Waals surface area contributed by atoms with Crippen LogP contribution < -0.4 is 16.0 Å². The van der Waals surface area contributed by atoms with Gasteiger partial charge in [-0.2, -0.15) is 0 Å². The van der Waals surface area contributed by atoms with Crippen LogP contribution in [0.1, 0.15) is 16.9 Å². The molecular formula is C10H17N5O. The molecule has 0 fully saturated rings. The number of hydrogen-bond acceptors (Lipinski definition) is 5. The van der Waals surface area contributed by atoms with Gasteiger partial charge in [0.15, 0.2) is 0 Å². The second-order valence-corrected chi connectivity index (χ2v) is 3.25. The Hall–Kier alpha value is -1.69. The third-order valence-corrected chi connectivity index (χ3v) is 2.04. The first-order valence-corrected chi connectivity index (χ1v) is 5.20. The van der Waals surface area contributed by atoms with Crippen molar-refractivity contribution in [3.05, 3.63) is 18.1 Å². The molecule has 0 aliphatic heterocycles. The Bertz CT molecular complexity index is 342. The maximum atomic E-state index is 11.6. The minimum absolute atomic E-state index is 0.171. The molecule has 0 aliphatic carbocycles. The van der Waals surface area contributed by atoms with Crippen molar-refractivity contribution in [2.24, 2.45) is 0 Å². The summed E-state index contributed by atoms with van der Waals surface area (Å²) in [5.74, 6) is 0.463. The summed E-state index contributed by atoms with van der Waals surface area (Å²) in [5.41, 5.74) is 0.379. The number of nitrogens with one attached hydrogen (secondary N) is 3. The van der Waals surface area contributed by atoms with Crippen molar-refractivity contribution in [3.8, 4) is 0 Å². The van der Waals surface area contributed by atoms with Crippen molar-refractivity contribution in [3.63, 3.8) is 0 Å². The highest BCUT2D eigenvalue weighted by atomic mass is 16.1. The molecule has 0 spiro atoms. The Morgan fingerprint density at radius 2 is 2.12 bits per heavy atom. The van der Waals surface area contributed by atoms with E-state index in [4.69, 9.17) is 0 Å². The van der Waals surface area contributed by atoms with Gasteiger partial charge >= 0.3 is 0 Å². The molecule has 1 rings (SSSR count). The Morgan fingerprint density at radius 3 is 2.81 bits per heavy atom. The van der Waals surface area contributed by atoms with E-state index in [1.54, 1.807) is 13.1 Å². The lowest BCUT2D eigenvalue weighted by atomic mass is 10.3. The van der Waals surface area contributed by atoms with Crippen LogP contribution in [-0.2, 0) is 0 Å². The molecule has 1 heterocycles. The van der Waals surface area contributed by atoms with Gasteiger partial charge in [-0.15, -0.1) is 0 Å². The van der Waals surface area contributed by atoms with Gasteiger partial charge in [-0.25, -0.2) is 9.97 Å². The Labute approximate surface area is 94.9 Å². The summed E-state index contributed by atoms with van der Waals surface area (Å²) >= 11 is 0. The maximum Gasteiger partial charge on any atom is 0.270 e. The molecule has 1 aromatic rings. The minimum Gasteiger partial charge on any atom is -0.373 e. The molecule has 1 amide bonds. The fourth-order valence-electron chi connectivity index (χ4n) is 1.18. The summed E-state index contributed by atoms with van der Waals surface area (Å²) < 4.78 is 0. The van der Waals surface area contributed by atoms with Crippen LogP contribution >= 0.6 is 0 Å². The van der Waals surface area contributed by atoms with E-state index in [1.165, 1.54) is 6.33 Å². The number of amides is 1.